The molecule has 0 unspecified atom stereocenters. The molecule has 0 saturated heterocycles. The number of carbonyl (C=O) groups excluding carboxylic acids is 1. The maximum Gasteiger partial charge on any atom is 0.334 e. The second-order valence-electron chi connectivity index (χ2n) is 3.53. The molecule has 0 fully saturated rings. The first-order valence-corrected chi connectivity index (χ1v) is 5.57. The zero-order valence-corrected chi connectivity index (χ0v) is 9.29. The average molecular weight is 202 g/mol. The fourth-order valence-electron chi connectivity index (χ4n) is 1.12. The Kier molecular flexibility index (Phi) is 8.64. The van der Waals surface area contributed by atoms with Crippen molar-refractivity contribution in [2.75, 3.05) is 6.61 Å². The molecule has 0 saturated carbocycles. The Labute approximate surface area is 86.5 Å². The SMILES string of the molecule is CCCCC[C@@H](O)C(=O)OCCCC. The van der Waals surface area contributed by atoms with Gasteiger partial charge in [0, 0.05) is 0 Å². The van der Waals surface area contributed by atoms with E-state index in [2.05, 4.69) is 6.92 Å². The van der Waals surface area contributed by atoms with Gasteiger partial charge in [0.25, 0.3) is 0 Å². The zero-order chi connectivity index (χ0) is 10.8. The lowest BCUT2D eigenvalue weighted by molar-refractivity contribution is -0.154. The summed E-state index contributed by atoms with van der Waals surface area (Å²) in [6.45, 7) is 4.55. The van der Waals surface area contributed by atoms with E-state index in [0.717, 1.165) is 32.1 Å². The molecule has 0 aliphatic heterocycles. The van der Waals surface area contributed by atoms with Crippen molar-refractivity contribution in [1.82, 2.24) is 0 Å². The van der Waals surface area contributed by atoms with Crippen molar-refractivity contribution in [3.63, 3.8) is 0 Å². The Morgan fingerprint density at radius 3 is 2.43 bits per heavy atom. The number of esters is 1. The van der Waals surface area contributed by atoms with E-state index in [1.54, 1.807) is 0 Å². The highest BCUT2D eigenvalue weighted by molar-refractivity contribution is 5.74. The summed E-state index contributed by atoms with van der Waals surface area (Å²) in [7, 11) is 0. The standard InChI is InChI=1S/C11H22O3/c1-3-5-7-8-10(12)11(13)14-9-6-4-2/h10,12H,3-9H2,1-2H3/t10-/m1/s1. The smallest absolute Gasteiger partial charge is 0.334 e. The van der Waals surface area contributed by atoms with Crippen molar-refractivity contribution in [2.45, 2.75) is 58.5 Å². The first-order chi connectivity index (χ1) is 6.72. The second-order valence-corrected chi connectivity index (χ2v) is 3.53. The zero-order valence-electron chi connectivity index (χ0n) is 9.29. The maximum atomic E-state index is 11.1. The summed E-state index contributed by atoms with van der Waals surface area (Å²) in [5, 5.41) is 9.37. The lowest BCUT2D eigenvalue weighted by Crippen LogP contribution is -2.23. The van der Waals surface area contributed by atoms with Crippen molar-refractivity contribution in [3.8, 4) is 0 Å². The molecule has 84 valence electrons. The minimum atomic E-state index is -0.918. The normalized spacial score (nSPS) is 12.5. The van der Waals surface area contributed by atoms with Crippen molar-refractivity contribution in [1.29, 1.82) is 0 Å². The molecular weight excluding hydrogens is 180 g/mol. The number of hydrogen-bond acceptors (Lipinski definition) is 3. The number of unbranched alkanes of at least 4 members (excludes halogenated alkanes) is 3. The highest BCUT2D eigenvalue weighted by Crippen LogP contribution is 2.05. The minimum absolute atomic E-state index is 0.431. The third-order valence-electron chi connectivity index (χ3n) is 2.10. The van der Waals surface area contributed by atoms with Crippen LogP contribution in [0.15, 0.2) is 0 Å². The van der Waals surface area contributed by atoms with Crippen LogP contribution in [0.4, 0.5) is 0 Å². The van der Waals surface area contributed by atoms with Gasteiger partial charge in [-0.15, -0.1) is 0 Å². The quantitative estimate of drug-likeness (QED) is 0.485. The lowest BCUT2D eigenvalue weighted by atomic mass is 10.1. The number of carbonyl (C=O) groups is 1. The highest BCUT2D eigenvalue weighted by Gasteiger charge is 2.15. The molecule has 1 atom stereocenters. The Bertz CT molecular complexity index is 145. The van der Waals surface area contributed by atoms with Crippen LogP contribution in [-0.4, -0.2) is 23.8 Å². The molecule has 3 nitrogen and oxygen atoms in total. The predicted octanol–water partition coefficient (Wildman–Crippen LogP) is 2.27. The van der Waals surface area contributed by atoms with Gasteiger partial charge in [0.2, 0.25) is 0 Å². The number of hydrogen-bond donors (Lipinski definition) is 1. The largest absolute Gasteiger partial charge is 0.464 e. The minimum Gasteiger partial charge on any atom is -0.464 e. The Morgan fingerprint density at radius 1 is 1.21 bits per heavy atom. The van der Waals surface area contributed by atoms with Gasteiger partial charge in [0.15, 0.2) is 6.10 Å². The van der Waals surface area contributed by atoms with Gasteiger partial charge in [-0.2, -0.15) is 0 Å². The molecule has 3 heteroatoms. The number of rotatable bonds is 8. The first kappa shape index (κ1) is 13.4. The monoisotopic (exact) mass is 202 g/mol. The van der Waals surface area contributed by atoms with Crippen LogP contribution in [0, 0.1) is 0 Å². The first-order valence-electron chi connectivity index (χ1n) is 5.57. The van der Waals surface area contributed by atoms with E-state index >= 15 is 0 Å². The van der Waals surface area contributed by atoms with Crippen LogP contribution in [-0.2, 0) is 9.53 Å². The molecule has 0 spiro atoms. The van der Waals surface area contributed by atoms with Gasteiger partial charge >= 0.3 is 5.97 Å². The number of ether oxygens (including phenoxy) is 1. The van der Waals surface area contributed by atoms with Gasteiger partial charge in [0.05, 0.1) is 6.61 Å². The predicted molar refractivity (Wildman–Crippen MR) is 56.0 cm³/mol. The molecule has 0 aliphatic carbocycles. The summed E-state index contributed by atoms with van der Waals surface area (Å²) in [5.41, 5.74) is 0. The Balaban J connectivity index is 3.44. The molecule has 0 radical (unpaired) electrons. The number of aliphatic hydroxyl groups excluding tert-OH is 1. The van der Waals surface area contributed by atoms with Crippen LogP contribution in [0.2, 0.25) is 0 Å². The molecular formula is C11H22O3. The molecule has 14 heavy (non-hydrogen) atoms. The van der Waals surface area contributed by atoms with Crippen LogP contribution >= 0.6 is 0 Å². The van der Waals surface area contributed by atoms with Crippen molar-refractivity contribution in [2.24, 2.45) is 0 Å². The summed E-state index contributed by atoms with van der Waals surface area (Å²) < 4.78 is 4.89. The third kappa shape index (κ3) is 6.89. The average Bonchev–Trinajstić information content (AvgIpc) is 2.18. The van der Waals surface area contributed by atoms with E-state index < -0.39 is 12.1 Å². The van der Waals surface area contributed by atoms with Crippen molar-refractivity contribution in [3.05, 3.63) is 0 Å². The topological polar surface area (TPSA) is 46.5 Å². The third-order valence-corrected chi connectivity index (χ3v) is 2.10. The van der Waals surface area contributed by atoms with Crippen LogP contribution in [0.5, 0.6) is 0 Å². The summed E-state index contributed by atoms with van der Waals surface area (Å²) in [5.74, 6) is -0.463. The van der Waals surface area contributed by atoms with E-state index in [-0.39, 0.29) is 0 Å². The van der Waals surface area contributed by atoms with Gasteiger partial charge < -0.3 is 9.84 Å². The second kappa shape index (κ2) is 9.00. The fraction of sp³-hybridized carbons (Fsp3) is 0.909. The van der Waals surface area contributed by atoms with Crippen LogP contribution in [0.1, 0.15) is 52.4 Å². The fourth-order valence-corrected chi connectivity index (χ4v) is 1.12. The van der Waals surface area contributed by atoms with Crippen LogP contribution in [0.3, 0.4) is 0 Å². The van der Waals surface area contributed by atoms with Crippen molar-refractivity contribution < 1.29 is 14.6 Å². The Morgan fingerprint density at radius 2 is 1.86 bits per heavy atom. The Hall–Kier alpha value is -0.570. The van der Waals surface area contributed by atoms with Gasteiger partial charge in [-0.3, -0.25) is 0 Å². The number of aliphatic hydroxyl groups is 1. The van der Waals surface area contributed by atoms with E-state index in [0.29, 0.717) is 13.0 Å². The van der Waals surface area contributed by atoms with Crippen LogP contribution < -0.4 is 0 Å². The van der Waals surface area contributed by atoms with Gasteiger partial charge in [-0.25, -0.2) is 4.79 Å². The van der Waals surface area contributed by atoms with Crippen molar-refractivity contribution >= 4 is 5.97 Å². The van der Waals surface area contributed by atoms with E-state index in [9.17, 15) is 9.90 Å². The summed E-state index contributed by atoms with van der Waals surface area (Å²) >= 11 is 0. The molecule has 0 bridgehead atoms. The molecule has 0 aromatic carbocycles. The summed E-state index contributed by atoms with van der Waals surface area (Å²) in [6.07, 6.45) is 4.52. The van der Waals surface area contributed by atoms with E-state index in [4.69, 9.17) is 4.74 Å². The molecule has 0 rings (SSSR count). The van der Waals surface area contributed by atoms with Gasteiger partial charge in [-0.1, -0.05) is 39.5 Å². The van der Waals surface area contributed by atoms with E-state index in [1.807, 2.05) is 6.92 Å². The summed E-state index contributed by atoms with van der Waals surface area (Å²) in [6, 6.07) is 0. The highest BCUT2D eigenvalue weighted by atomic mass is 16.5. The molecule has 0 aromatic rings. The maximum absolute atomic E-state index is 11.1. The van der Waals surface area contributed by atoms with E-state index in [1.165, 1.54) is 0 Å². The molecule has 0 amide bonds. The molecule has 1 N–H and O–H groups in total. The molecule has 0 heterocycles. The lowest BCUT2D eigenvalue weighted by Gasteiger charge is -2.09. The summed E-state index contributed by atoms with van der Waals surface area (Å²) in [4.78, 5) is 11.1. The molecule has 0 aromatic heterocycles. The molecule has 0 aliphatic rings. The van der Waals surface area contributed by atoms with Crippen LogP contribution in [0.25, 0.3) is 0 Å². The van der Waals surface area contributed by atoms with Gasteiger partial charge in [-0.05, 0) is 12.8 Å². The van der Waals surface area contributed by atoms with Gasteiger partial charge in [0.1, 0.15) is 0 Å².